The van der Waals surface area contributed by atoms with Gasteiger partial charge in [0.15, 0.2) is 0 Å². The summed E-state index contributed by atoms with van der Waals surface area (Å²) in [5.41, 5.74) is 2.73. The number of aromatic nitrogens is 2. The summed E-state index contributed by atoms with van der Waals surface area (Å²) in [6, 6.07) is 6.77. The van der Waals surface area contributed by atoms with Gasteiger partial charge in [-0.3, -0.25) is 4.90 Å². The third-order valence-electron chi connectivity index (χ3n) is 5.08. The van der Waals surface area contributed by atoms with Gasteiger partial charge in [0.25, 0.3) is 0 Å². The van der Waals surface area contributed by atoms with Crippen molar-refractivity contribution in [1.82, 2.24) is 14.5 Å². The predicted molar refractivity (Wildman–Crippen MR) is 85.4 cm³/mol. The van der Waals surface area contributed by atoms with Crippen molar-refractivity contribution < 1.29 is 9.13 Å². The number of ether oxygens (including phenoxy) is 1. The van der Waals surface area contributed by atoms with Crippen molar-refractivity contribution in [2.75, 3.05) is 19.7 Å². The van der Waals surface area contributed by atoms with Crippen LogP contribution in [0, 0.1) is 11.2 Å². The van der Waals surface area contributed by atoms with Crippen molar-refractivity contribution in [3.8, 4) is 0 Å². The summed E-state index contributed by atoms with van der Waals surface area (Å²) in [6.45, 7) is 4.00. The first-order valence-electron chi connectivity index (χ1n) is 8.16. The molecule has 2 fully saturated rings. The molecule has 122 valence electrons. The minimum Gasteiger partial charge on any atom is -0.377 e. The van der Waals surface area contributed by atoms with Crippen molar-refractivity contribution in [2.24, 2.45) is 12.5 Å². The van der Waals surface area contributed by atoms with Crippen LogP contribution in [-0.2, 0) is 24.8 Å². The average molecular weight is 315 g/mol. The van der Waals surface area contributed by atoms with Gasteiger partial charge in [-0.15, -0.1) is 0 Å². The molecule has 4 nitrogen and oxygen atoms in total. The highest BCUT2D eigenvalue weighted by Gasteiger charge is 2.48. The normalized spacial score (nSPS) is 23.3. The van der Waals surface area contributed by atoms with Crippen molar-refractivity contribution in [3.63, 3.8) is 0 Å². The Kier molecular flexibility index (Phi) is 3.70. The molecule has 5 heteroatoms. The highest BCUT2D eigenvalue weighted by atomic mass is 19.1. The number of nitrogens with zero attached hydrogens (tertiary/aromatic N) is 3. The fraction of sp³-hybridized carbons (Fsp3) is 0.500. The van der Waals surface area contributed by atoms with E-state index in [1.54, 1.807) is 0 Å². The average Bonchev–Trinajstić information content (AvgIpc) is 3.09. The Bertz CT molecular complexity index is 676. The molecule has 0 bridgehead atoms. The minimum atomic E-state index is -0.178. The molecule has 2 aromatic rings. The third kappa shape index (κ3) is 3.03. The van der Waals surface area contributed by atoms with Crippen LogP contribution in [0.4, 0.5) is 4.39 Å². The summed E-state index contributed by atoms with van der Waals surface area (Å²) in [7, 11) is 2.04. The van der Waals surface area contributed by atoms with Crippen LogP contribution in [-0.4, -0.2) is 40.3 Å². The Labute approximate surface area is 135 Å². The van der Waals surface area contributed by atoms with Crippen molar-refractivity contribution in [3.05, 3.63) is 53.9 Å². The molecule has 0 unspecified atom stereocenters. The number of imidazole rings is 1. The van der Waals surface area contributed by atoms with Crippen LogP contribution in [0.5, 0.6) is 0 Å². The summed E-state index contributed by atoms with van der Waals surface area (Å²) in [5, 5.41) is 0. The van der Waals surface area contributed by atoms with Crippen LogP contribution in [0.15, 0.2) is 36.8 Å². The monoisotopic (exact) mass is 315 g/mol. The Morgan fingerprint density at radius 2 is 2.09 bits per heavy atom. The molecule has 23 heavy (non-hydrogen) atoms. The molecular weight excluding hydrogens is 293 g/mol. The predicted octanol–water partition coefficient (Wildman–Crippen LogP) is 2.39. The molecule has 0 amide bonds. The van der Waals surface area contributed by atoms with Crippen LogP contribution in [0.25, 0.3) is 0 Å². The summed E-state index contributed by atoms with van der Waals surface area (Å²) in [4.78, 5) is 6.63. The molecule has 2 aliphatic heterocycles. The number of rotatable bonds is 4. The molecule has 2 saturated heterocycles. The maximum absolute atomic E-state index is 13.0. The van der Waals surface area contributed by atoms with Gasteiger partial charge >= 0.3 is 0 Å². The number of hydrogen-bond donors (Lipinski definition) is 0. The first-order chi connectivity index (χ1) is 11.1. The Hall–Kier alpha value is -1.72. The van der Waals surface area contributed by atoms with Gasteiger partial charge in [-0.05, 0) is 30.5 Å². The van der Waals surface area contributed by atoms with Gasteiger partial charge < -0.3 is 9.30 Å². The van der Waals surface area contributed by atoms with E-state index in [9.17, 15) is 4.39 Å². The SMILES string of the molecule is Cn1cncc1CN1CC2(CO[C@H](Cc3ccc(F)cc3)C2)C1. The first-order valence-corrected chi connectivity index (χ1v) is 8.16. The zero-order chi connectivity index (χ0) is 15.9. The van der Waals surface area contributed by atoms with Crippen molar-refractivity contribution in [2.45, 2.75) is 25.5 Å². The second-order valence-electron chi connectivity index (χ2n) is 7.11. The zero-order valence-electron chi connectivity index (χ0n) is 13.4. The molecule has 2 aliphatic rings. The topological polar surface area (TPSA) is 30.3 Å². The molecule has 4 rings (SSSR count). The van der Waals surface area contributed by atoms with Crippen LogP contribution in [0.1, 0.15) is 17.7 Å². The molecule has 1 atom stereocenters. The number of likely N-dealkylation sites (tertiary alicyclic amines) is 1. The van der Waals surface area contributed by atoms with Crippen LogP contribution in [0.3, 0.4) is 0 Å². The summed E-state index contributed by atoms with van der Waals surface area (Å²) >= 11 is 0. The van der Waals surface area contributed by atoms with Gasteiger partial charge in [0.05, 0.1) is 24.7 Å². The van der Waals surface area contributed by atoms with E-state index in [0.29, 0.717) is 5.41 Å². The van der Waals surface area contributed by atoms with Gasteiger partial charge in [-0.1, -0.05) is 12.1 Å². The number of benzene rings is 1. The van der Waals surface area contributed by atoms with Crippen LogP contribution < -0.4 is 0 Å². The molecule has 0 N–H and O–H groups in total. The molecule has 1 spiro atoms. The standard InChI is InChI=1S/C18H22FN3O/c1-21-13-20-8-16(21)9-22-10-18(11-22)7-17(23-12-18)6-14-2-4-15(19)5-3-14/h2-5,8,13,17H,6-7,9-12H2,1H3/t17-/m1/s1. The van der Waals surface area contributed by atoms with E-state index in [1.165, 1.54) is 17.8 Å². The number of aryl methyl sites for hydroxylation is 1. The highest BCUT2D eigenvalue weighted by Crippen LogP contribution is 2.42. The van der Waals surface area contributed by atoms with Crippen molar-refractivity contribution >= 4 is 0 Å². The zero-order valence-corrected chi connectivity index (χ0v) is 13.4. The lowest BCUT2D eigenvalue weighted by molar-refractivity contribution is -0.0152. The second kappa shape index (κ2) is 5.73. The third-order valence-corrected chi connectivity index (χ3v) is 5.08. The Balaban J connectivity index is 1.29. The highest BCUT2D eigenvalue weighted by molar-refractivity contribution is 5.17. The minimum absolute atomic E-state index is 0.178. The fourth-order valence-electron chi connectivity index (χ4n) is 3.91. The van der Waals surface area contributed by atoms with Gasteiger partial charge in [0, 0.05) is 38.3 Å². The summed E-state index contributed by atoms with van der Waals surface area (Å²) < 4.78 is 21.1. The maximum Gasteiger partial charge on any atom is 0.123 e. The lowest BCUT2D eigenvalue weighted by atomic mass is 9.77. The first kappa shape index (κ1) is 14.8. The maximum atomic E-state index is 13.0. The second-order valence-corrected chi connectivity index (χ2v) is 7.11. The molecule has 1 aromatic heterocycles. The fourth-order valence-corrected chi connectivity index (χ4v) is 3.91. The number of halogens is 1. The molecule has 0 aliphatic carbocycles. The van der Waals surface area contributed by atoms with Gasteiger partial charge in [-0.2, -0.15) is 0 Å². The Morgan fingerprint density at radius 1 is 1.30 bits per heavy atom. The molecule has 0 saturated carbocycles. The van der Waals surface area contributed by atoms with Gasteiger partial charge in [0.2, 0.25) is 0 Å². The van der Waals surface area contributed by atoms with E-state index in [2.05, 4.69) is 14.5 Å². The van der Waals surface area contributed by atoms with E-state index in [-0.39, 0.29) is 11.9 Å². The van der Waals surface area contributed by atoms with Gasteiger partial charge in [0.1, 0.15) is 5.82 Å². The van der Waals surface area contributed by atoms with Gasteiger partial charge in [-0.25, -0.2) is 9.37 Å². The molecule has 1 aromatic carbocycles. The van der Waals surface area contributed by atoms with Crippen molar-refractivity contribution in [1.29, 1.82) is 0 Å². The summed E-state index contributed by atoms with van der Waals surface area (Å²) in [5.74, 6) is -0.178. The molecular formula is C18H22FN3O. The molecule has 0 radical (unpaired) electrons. The molecule has 3 heterocycles. The van der Waals surface area contributed by atoms with E-state index >= 15 is 0 Å². The quantitative estimate of drug-likeness (QED) is 0.868. The number of hydrogen-bond acceptors (Lipinski definition) is 3. The van der Waals surface area contributed by atoms with Crippen LogP contribution >= 0.6 is 0 Å². The summed E-state index contributed by atoms with van der Waals surface area (Å²) in [6.07, 6.45) is 6.03. The van der Waals surface area contributed by atoms with E-state index in [4.69, 9.17) is 4.74 Å². The smallest absolute Gasteiger partial charge is 0.123 e. The lowest BCUT2D eigenvalue weighted by Gasteiger charge is -2.47. The van der Waals surface area contributed by atoms with E-state index in [1.807, 2.05) is 31.7 Å². The Morgan fingerprint density at radius 3 is 2.78 bits per heavy atom. The lowest BCUT2D eigenvalue weighted by Crippen LogP contribution is -2.56. The van der Waals surface area contributed by atoms with E-state index < -0.39 is 0 Å². The largest absolute Gasteiger partial charge is 0.377 e. The van der Waals surface area contributed by atoms with Crippen LogP contribution in [0.2, 0.25) is 0 Å². The van der Waals surface area contributed by atoms with E-state index in [0.717, 1.165) is 44.6 Å².